The van der Waals surface area contributed by atoms with Crippen molar-refractivity contribution in [3.63, 3.8) is 0 Å². The highest BCUT2D eigenvalue weighted by Crippen LogP contribution is 2.36. The number of carboxylic acid groups (broad SMARTS) is 1. The fourth-order valence-corrected chi connectivity index (χ4v) is 2.16. The van der Waals surface area contributed by atoms with E-state index in [1.54, 1.807) is 18.2 Å². The van der Waals surface area contributed by atoms with Gasteiger partial charge in [0.15, 0.2) is 5.78 Å². The highest BCUT2D eigenvalue weighted by molar-refractivity contribution is 6.22. The molecule has 1 aliphatic rings. The van der Waals surface area contributed by atoms with Gasteiger partial charge in [-0.05, 0) is 23.3 Å². The van der Waals surface area contributed by atoms with Crippen LogP contribution in [0.2, 0.25) is 0 Å². The average Bonchev–Trinajstić information content (AvgIpc) is 2.64. The van der Waals surface area contributed by atoms with E-state index in [0.29, 0.717) is 11.1 Å². The van der Waals surface area contributed by atoms with Gasteiger partial charge >= 0.3 is 5.97 Å². The summed E-state index contributed by atoms with van der Waals surface area (Å²) in [5.41, 5.74) is 2.96. The number of carbonyl (C=O) groups is 2. The van der Waals surface area contributed by atoms with E-state index >= 15 is 0 Å². The minimum atomic E-state index is -1.02. The zero-order valence-electron chi connectivity index (χ0n) is 8.81. The predicted octanol–water partition coefficient (Wildman–Crippen LogP) is 2.60. The Hall–Kier alpha value is -2.42. The summed E-state index contributed by atoms with van der Waals surface area (Å²) < 4.78 is 0. The number of ketones is 1. The summed E-state index contributed by atoms with van der Waals surface area (Å²) >= 11 is 0. The number of fused-ring (bicyclic) bond motifs is 3. The maximum absolute atomic E-state index is 12.1. The van der Waals surface area contributed by atoms with Gasteiger partial charge in [-0.25, -0.2) is 4.79 Å². The Morgan fingerprint density at radius 2 is 1.53 bits per heavy atom. The lowest BCUT2D eigenvalue weighted by molar-refractivity contribution is 0.0697. The number of rotatable bonds is 1. The average molecular weight is 224 g/mol. The van der Waals surface area contributed by atoms with Crippen molar-refractivity contribution in [1.82, 2.24) is 0 Å². The van der Waals surface area contributed by atoms with E-state index in [1.807, 2.05) is 12.1 Å². The Bertz CT molecular complexity index is 656. The molecule has 0 atom stereocenters. The molecule has 82 valence electrons. The molecule has 3 rings (SSSR count). The van der Waals surface area contributed by atoms with Gasteiger partial charge in [0.25, 0.3) is 0 Å². The van der Waals surface area contributed by atoms with Crippen molar-refractivity contribution in [3.05, 3.63) is 59.2 Å². The monoisotopic (exact) mass is 224 g/mol. The van der Waals surface area contributed by atoms with Crippen molar-refractivity contribution in [2.24, 2.45) is 0 Å². The first-order chi connectivity index (χ1) is 8.18. The van der Waals surface area contributed by atoms with E-state index in [4.69, 9.17) is 5.11 Å². The molecule has 0 radical (unpaired) electrons. The first-order valence-corrected chi connectivity index (χ1v) is 5.20. The van der Waals surface area contributed by atoms with Crippen molar-refractivity contribution in [3.8, 4) is 11.1 Å². The third kappa shape index (κ3) is 1.29. The topological polar surface area (TPSA) is 54.4 Å². The molecule has 1 N–H and O–H groups in total. The Labute approximate surface area is 97.3 Å². The van der Waals surface area contributed by atoms with Gasteiger partial charge in [0.05, 0.1) is 5.56 Å². The molecule has 0 spiro atoms. The Balaban J connectivity index is 2.28. The Kier molecular flexibility index (Phi) is 1.89. The number of hydrogen-bond donors (Lipinski definition) is 1. The summed E-state index contributed by atoms with van der Waals surface area (Å²) in [5, 5.41) is 8.91. The molecule has 2 aromatic rings. The normalized spacial score (nSPS) is 12.1. The van der Waals surface area contributed by atoms with Crippen LogP contribution in [0.4, 0.5) is 0 Å². The minimum absolute atomic E-state index is 0.0984. The zero-order chi connectivity index (χ0) is 12.0. The molecule has 2 aromatic carbocycles. The lowest BCUT2D eigenvalue weighted by Gasteiger charge is -2.00. The molecule has 3 heteroatoms. The van der Waals surface area contributed by atoms with E-state index in [1.165, 1.54) is 12.1 Å². The van der Waals surface area contributed by atoms with Crippen LogP contribution in [-0.2, 0) is 0 Å². The van der Waals surface area contributed by atoms with Gasteiger partial charge in [0.2, 0.25) is 0 Å². The number of hydrogen-bond acceptors (Lipinski definition) is 2. The van der Waals surface area contributed by atoms with Crippen LogP contribution in [0, 0.1) is 0 Å². The summed E-state index contributed by atoms with van der Waals surface area (Å²) in [6, 6.07) is 12.0. The molecular weight excluding hydrogens is 216 g/mol. The van der Waals surface area contributed by atoms with Crippen LogP contribution >= 0.6 is 0 Å². The Morgan fingerprint density at radius 1 is 0.882 bits per heavy atom. The van der Waals surface area contributed by atoms with Crippen LogP contribution < -0.4 is 0 Å². The van der Waals surface area contributed by atoms with Gasteiger partial charge in [0, 0.05) is 11.1 Å². The van der Waals surface area contributed by atoms with E-state index < -0.39 is 5.97 Å². The Morgan fingerprint density at radius 3 is 2.24 bits per heavy atom. The largest absolute Gasteiger partial charge is 0.478 e. The summed E-state index contributed by atoms with van der Waals surface area (Å²) in [5.74, 6) is -1.12. The number of benzene rings is 2. The van der Waals surface area contributed by atoms with E-state index in [2.05, 4.69) is 0 Å². The maximum atomic E-state index is 12.1. The fraction of sp³-hybridized carbons (Fsp3) is 0. The van der Waals surface area contributed by atoms with Crippen molar-refractivity contribution < 1.29 is 14.7 Å². The summed E-state index contributed by atoms with van der Waals surface area (Å²) in [6.07, 6.45) is 0. The van der Waals surface area contributed by atoms with Crippen LogP contribution in [0.5, 0.6) is 0 Å². The van der Waals surface area contributed by atoms with E-state index in [-0.39, 0.29) is 11.3 Å². The molecule has 0 heterocycles. The van der Waals surface area contributed by atoms with Gasteiger partial charge in [-0.15, -0.1) is 0 Å². The molecule has 0 saturated carbocycles. The number of aromatic carboxylic acids is 1. The van der Waals surface area contributed by atoms with Crippen LogP contribution in [0.25, 0.3) is 11.1 Å². The minimum Gasteiger partial charge on any atom is -0.478 e. The predicted molar refractivity (Wildman–Crippen MR) is 62.3 cm³/mol. The van der Waals surface area contributed by atoms with Gasteiger partial charge in [0.1, 0.15) is 0 Å². The third-order valence-electron chi connectivity index (χ3n) is 2.97. The summed E-state index contributed by atoms with van der Waals surface area (Å²) in [7, 11) is 0. The van der Waals surface area contributed by atoms with Gasteiger partial charge < -0.3 is 5.11 Å². The van der Waals surface area contributed by atoms with E-state index in [0.717, 1.165) is 11.1 Å². The highest BCUT2D eigenvalue weighted by Gasteiger charge is 2.26. The van der Waals surface area contributed by atoms with Gasteiger partial charge in [-0.3, -0.25) is 4.79 Å². The first kappa shape index (κ1) is 9.78. The highest BCUT2D eigenvalue weighted by atomic mass is 16.4. The molecule has 0 saturated heterocycles. The zero-order valence-corrected chi connectivity index (χ0v) is 8.81. The molecular formula is C14H8O3. The van der Waals surface area contributed by atoms with Crippen molar-refractivity contribution >= 4 is 11.8 Å². The standard InChI is InChI=1S/C14H8O3/c15-13-11-4-2-1-3-9(11)10-6-5-8(14(16)17)7-12(10)13/h1-7H,(H,16,17). The van der Waals surface area contributed by atoms with Gasteiger partial charge in [-0.2, -0.15) is 0 Å². The first-order valence-electron chi connectivity index (χ1n) is 5.20. The molecule has 0 amide bonds. The molecule has 17 heavy (non-hydrogen) atoms. The quantitative estimate of drug-likeness (QED) is 0.691. The van der Waals surface area contributed by atoms with Crippen LogP contribution in [-0.4, -0.2) is 16.9 Å². The second-order valence-corrected chi connectivity index (χ2v) is 3.94. The number of carboxylic acids is 1. The van der Waals surface area contributed by atoms with Gasteiger partial charge in [-0.1, -0.05) is 30.3 Å². The fourth-order valence-electron chi connectivity index (χ4n) is 2.16. The molecule has 0 unspecified atom stereocenters. The van der Waals surface area contributed by atoms with Crippen molar-refractivity contribution in [1.29, 1.82) is 0 Å². The lowest BCUT2D eigenvalue weighted by atomic mass is 10.0. The smallest absolute Gasteiger partial charge is 0.335 e. The molecule has 3 nitrogen and oxygen atoms in total. The molecule has 1 aliphatic carbocycles. The third-order valence-corrected chi connectivity index (χ3v) is 2.97. The molecule has 0 aromatic heterocycles. The summed E-state index contributed by atoms with van der Waals surface area (Å²) in [6.45, 7) is 0. The van der Waals surface area contributed by atoms with E-state index in [9.17, 15) is 9.59 Å². The maximum Gasteiger partial charge on any atom is 0.335 e. The molecule has 0 fully saturated rings. The van der Waals surface area contributed by atoms with Crippen LogP contribution in [0.1, 0.15) is 26.3 Å². The van der Waals surface area contributed by atoms with Crippen LogP contribution in [0.15, 0.2) is 42.5 Å². The molecule has 0 bridgehead atoms. The van der Waals surface area contributed by atoms with Crippen LogP contribution in [0.3, 0.4) is 0 Å². The second kappa shape index (κ2) is 3.28. The van der Waals surface area contributed by atoms with Crippen molar-refractivity contribution in [2.45, 2.75) is 0 Å². The number of carbonyl (C=O) groups excluding carboxylic acids is 1. The SMILES string of the molecule is O=C(O)c1ccc2c(c1)C(=O)c1ccccc1-2. The van der Waals surface area contributed by atoms with Crippen molar-refractivity contribution in [2.75, 3.05) is 0 Å². The molecule has 0 aliphatic heterocycles. The summed E-state index contributed by atoms with van der Waals surface area (Å²) in [4.78, 5) is 22.9. The second-order valence-electron chi connectivity index (χ2n) is 3.94. The lowest BCUT2D eigenvalue weighted by Crippen LogP contribution is -2.00.